The van der Waals surface area contributed by atoms with Crippen molar-refractivity contribution in [3.8, 4) is 0 Å². The smallest absolute Gasteiger partial charge is 0.252 e. The average Bonchev–Trinajstić information content (AvgIpc) is 3.12. The summed E-state index contributed by atoms with van der Waals surface area (Å²) < 4.78 is 18.9. The van der Waals surface area contributed by atoms with Crippen molar-refractivity contribution in [1.29, 1.82) is 0 Å². The molecule has 0 atom stereocenters. The van der Waals surface area contributed by atoms with Gasteiger partial charge in [0.1, 0.15) is 5.82 Å². The Kier molecular flexibility index (Phi) is 4.94. The number of hydrogen-bond acceptors (Lipinski definition) is 2. The summed E-state index contributed by atoms with van der Waals surface area (Å²) >= 11 is 1.95. The lowest BCUT2D eigenvalue weighted by Crippen LogP contribution is -2.28. The molecule has 1 fully saturated rings. The Balaban J connectivity index is 1.72. The van der Waals surface area contributed by atoms with Crippen molar-refractivity contribution >= 4 is 28.5 Å². The van der Waals surface area contributed by atoms with E-state index in [1.165, 1.54) is 31.0 Å². The molecule has 1 aliphatic carbocycles. The summed E-state index contributed by atoms with van der Waals surface area (Å²) in [7, 11) is 0. The van der Waals surface area contributed by atoms with Gasteiger partial charge in [-0.25, -0.2) is 4.39 Å². The molecule has 1 aromatic carbocycles. The van der Waals surface area contributed by atoms with Crippen LogP contribution in [-0.2, 0) is 4.74 Å². The number of hydrogen-bond donors (Lipinski definition) is 1. The minimum atomic E-state index is -0.330. The average molecular weight is 363 g/mol. The molecule has 98 valence electrons. The SMILES string of the molecule is O=C(NCCOCC1CC1)c1ccc(F)cc1I. The highest BCUT2D eigenvalue weighted by molar-refractivity contribution is 14.1. The molecule has 1 aliphatic rings. The largest absolute Gasteiger partial charge is 0.379 e. The van der Waals surface area contributed by atoms with E-state index < -0.39 is 0 Å². The number of amides is 1. The molecule has 0 bridgehead atoms. The van der Waals surface area contributed by atoms with Crippen LogP contribution in [0.15, 0.2) is 18.2 Å². The van der Waals surface area contributed by atoms with Gasteiger partial charge in [-0.2, -0.15) is 0 Å². The lowest BCUT2D eigenvalue weighted by atomic mass is 10.2. The molecule has 0 aliphatic heterocycles. The van der Waals surface area contributed by atoms with E-state index in [1.54, 1.807) is 0 Å². The van der Waals surface area contributed by atoms with Gasteiger partial charge < -0.3 is 10.1 Å². The van der Waals surface area contributed by atoms with Crippen molar-refractivity contribution in [2.45, 2.75) is 12.8 Å². The number of carbonyl (C=O) groups is 1. The van der Waals surface area contributed by atoms with Crippen LogP contribution in [0.1, 0.15) is 23.2 Å². The van der Waals surface area contributed by atoms with Crippen molar-refractivity contribution in [3.63, 3.8) is 0 Å². The molecule has 3 nitrogen and oxygen atoms in total. The van der Waals surface area contributed by atoms with Gasteiger partial charge in [0.05, 0.1) is 12.2 Å². The quantitative estimate of drug-likeness (QED) is 0.623. The van der Waals surface area contributed by atoms with E-state index in [1.807, 2.05) is 22.6 Å². The van der Waals surface area contributed by atoms with Gasteiger partial charge in [-0.3, -0.25) is 4.79 Å². The van der Waals surface area contributed by atoms with Gasteiger partial charge in [-0.15, -0.1) is 0 Å². The summed E-state index contributed by atoms with van der Waals surface area (Å²) in [5.41, 5.74) is 0.499. The number of nitrogens with one attached hydrogen (secondary N) is 1. The second kappa shape index (κ2) is 6.47. The fourth-order valence-electron chi connectivity index (χ4n) is 1.54. The molecule has 0 aromatic heterocycles. The maximum absolute atomic E-state index is 12.9. The molecule has 0 spiro atoms. The minimum absolute atomic E-state index is 0.186. The van der Waals surface area contributed by atoms with E-state index in [0.717, 1.165) is 12.5 Å². The van der Waals surface area contributed by atoms with Crippen molar-refractivity contribution in [2.24, 2.45) is 5.92 Å². The molecule has 0 radical (unpaired) electrons. The molecule has 1 aromatic rings. The zero-order chi connectivity index (χ0) is 13.0. The van der Waals surface area contributed by atoms with Crippen molar-refractivity contribution < 1.29 is 13.9 Å². The van der Waals surface area contributed by atoms with Gasteiger partial charge in [-0.05, 0) is 59.5 Å². The summed E-state index contributed by atoms with van der Waals surface area (Å²) in [6.45, 7) is 1.81. The molecule has 1 N–H and O–H groups in total. The highest BCUT2D eigenvalue weighted by Crippen LogP contribution is 2.28. The standard InChI is InChI=1S/C13H15FINO2/c14-10-3-4-11(12(15)7-10)13(17)16-5-6-18-8-9-1-2-9/h3-4,7,9H,1-2,5-6,8H2,(H,16,17). The first kappa shape index (κ1) is 13.7. The molecule has 0 heterocycles. The second-order valence-electron chi connectivity index (χ2n) is 4.40. The van der Waals surface area contributed by atoms with Crippen LogP contribution in [-0.4, -0.2) is 25.7 Å². The zero-order valence-corrected chi connectivity index (χ0v) is 12.1. The van der Waals surface area contributed by atoms with E-state index in [-0.39, 0.29) is 11.7 Å². The topological polar surface area (TPSA) is 38.3 Å². The molecule has 18 heavy (non-hydrogen) atoms. The fourth-order valence-corrected chi connectivity index (χ4v) is 2.26. The number of benzene rings is 1. The van der Waals surface area contributed by atoms with E-state index in [9.17, 15) is 9.18 Å². The monoisotopic (exact) mass is 363 g/mol. The van der Waals surface area contributed by atoms with Crippen LogP contribution in [0.5, 0.6) is 0 Å². The van der Waals surface area contributed by atoms with Crippen LogP contribution in [0.25, 0.3) is 0 Å². The Bertz CT molecular complexity index is 435. The third-order valence-corrected chi connectivity index (χ3v) is 3.65. The third kappa shape index (κ3) is 4.20. The van der Waals surface area contributed by atoms with Gasteiger partial charge in [-0.1, -0.05) is 0 Å². The Morgan fingerprint density at radius 3 is 2.94 bits per heavy atom. The summed E-state index contributed by atoms with van der Waals surface area (Å²) in [6, 6.07) is 4.14. The van der Waals surface area contributed by atoms with Crippen molar-refractivity contribution in [2.75, 3.05) is 19.8 Å². The molecule has 0 saturated heterocycles. The Morgan fingerprint density at radius 1 is 1.50 bits per heavy atom. The van der Waals surface area contributed by atoms with Crippen LogP contribution in [0.2, 0.25) is 0 Å². The summed E-state index contributed by atoms with van der Waals surface area (Å²) in [5.74, 6) is 0.219. The van der Waals surface area contributed by atoms with Crippen LogP contribution in [0.3, 0.4) is 0 Å². The fraction of sp³-hybridized carbons (Fsp3) is 0.462. The van der Waals surface area contributed by atoms with Crippen molar-refractivity contribution in [1.82, 2.24) is 5.32 Å². The van der Waals surface area contributed by atoms with E-state index in [0.29, 0.717) is 22.3 Å². The maximum atomic E-state index is 12.9. The summed E-state index contributed by atoms with van der Waals surface area (Å²) in [6.07, 6.45) is 2.53. The number of carbonyl (C=O) groups excluding carboxylic acids is 1. The number of halogens is 2. The Labute approximate surface area is 119 Å². The normalized spacial score (nSPS) is 14.6. The van der Waals surface area contributed by atoms with Gasteiger partial charge in [0.15, 0.2) is 0 Å². The van der Waals surface area contributed by atoms with Gasteiger partial charge in [0, 0.05) is 16.7 Å². The van der Waals surface area contributed by atoms with Gasteiger partial charge in [0.25, 0.3) is 5.91 Å². The molecule has 0 unspecified atom stereocenters. The highest BCUT2D eigenvalue weighted by Gasteiger charge is 2.20. The summed E-state index contributed by atoms with van der Waals surface area (Å²) in [4.78, 5) is 11.8. The Hall–Kier alpha value is -0.690. The Morgan fingerprint density at radius 2 is 2.28 bits per heavy atom. The molecule has 1 saturated carbocycles. The first-order chi connectivity index (χ1) is 8.66. The molecule has 2 rings (SSSR count). The summed E-state index contributed by atoms with van der Waals surface area (Å²) in [5, 5.41) is 2.76. The van der Waals surface area contributed by atoms with Crippen LogP contribution < -0.4 is 5.32 Å². The first-order valence-electron chi connectivity index (χ1n) is 5.98. The minimum Gasteiger partial charge on any atom is -0.379 e. The van der Waals surface area contributed by atoms with Gasteiger partial charge >= 0.3 is 0 Å². The third-order valence-electron chi connectivity index (χ3n) is 2.76. The van der Waals surface area contributed by atoms with Crippen LogP contribution in [0.4, 0.5) is 4.39 Å². The molecule has 1 amide bonds. The lowest BCUT2D eigenvalue weighted by molar-refractivity contribution is 0.0905. The zero-order valence-electron chi connectivity index (χ0n) is 9.92. The molecular weight excluding hydrogens is 348 g/mol. The maximum Gasteiger partial charge on any atom is 0.252 e. The first-order valence-corrected chi connectivity index (χ1v) is 7.05. The number of ether oxygens (including phenoxy) is 1. The molecular formula is C13H15FINO2. The van der Waals surface area contributed by atoms with E-state index in [4.69, 9.17) is 4.74 Å². The van der Waals surface area contributed by atoms with Gasteiger partial charge in [0.2, 0.25) is 0 Å². The lowest BCUT2D eigenvalue weighted by Gasteiger charge is -2.07. The predicted molar refractivity (Wildman–Crippen MR) is 75.0 cm³/mol. The van der Waals surface area contributed by atoms with Crippen LogP contribution in [0, 0.1) is 15.3 Å². The highest BCUT2D eigenvalue weighted by atomic mass is 127. The van der Waals surface area contributed by atoms with E-state index in [2.05, 4.69) is 5.32 Å². The van der Waals surface area contributed by atoms with Crippen LogP contribution >= 0.6 is 22.6 Å². The second-order valence-corrected chi connectivity index (χ2v) is 5.56. The molecule has 5 heteroatoms. The number of rotatable bonds is 6. The van der Waals surface area contributed by atoms with Crippen molar-refractivity contribution in [3.05, 3.63) is 33.1 Å². The predicted octanol–water partition coefficient (Wildman–Crippen LogP) is 2.59. The van der Waals surface area contributed by atoms with E-state index >= 15 is 0 Å².